The zero-order chi connectivity index (χ0) is 14.9. The van der Waals surface area contributed by atoms with E-state index in [2.05, 4.69) is 0 Å². The Hall–Kier alpha value is -1.55. The fourth-order valence-corrected chi connectivity index (χ4v) is 3.02. The summed E-state index contributed by atoms with van der Waals surface area (Å²) >= 11 is 6.25. The van der Waals surface area contributed by atoms with Gasteiger partial charge in [-0.3, -0.25) is 9.59 Å². The SMILES string of the molecule is CCc1ccc(Cl)c(CC)c1N1CC(C(N)=O)CC1=O. The van der Waals surface area contributed by atoms with Crippen molar-refractivity contribution in [2.45, 2.75) is 33.1 Å². The molecule has 2 amide bonds. The number of benzene rings is 1. The van der Waals surface area contributed by atoms with Crippen molar-refractivity contribution in [2.75, 3.05) is 11.4 Å². The number of amides is 2. The summed E-state index contributed by atoms with van der Waals surface area (Å²) in [6.07, 6.45) is 1.74. The minimum Gasteiger partial charge on any atom is -0.369 e. The maximum atomic E-state index is 12.2. The van der Waals surface area contributed by atoms with Gasteiger partial charge in [-0.15, -0.1) is 0 Å². The van der Waals surface area contributed by atoms with Crippen LogP contribution in [0.4, 0.5) is 5.69 Å². The molecule has 1 unspecified atom stereocenters. The average molecular weight is 295 g/mol. The van der Waals surface area contributed by atoms with Gasteiger partial charge in [0.25, 0.3) is 0 Å². The van der Waals surface area contributed by atoms with Gasteiger partial charge in [0.2, 0.25) is 11.8 Å². The summed E-state index contributed by atoms with van der Waals surface area (Å²) in [5.74, 6) is -0.879. The third kappa shape index (κ3) is 2.52. The largest absolute Gasteiger partial charge is 0.369 e. The molecule has 2 N–H and O–H groups in total. The van der Waals surface area contributed by atoms with Crippen LogP contribution in [-0.4, -0.2) is 18.4 Å². The van der Waals surface area contributed by atoms with Gasteiger partial charge in [-0.25, -0.2) is 0 Å². The van der Waals surface area contributed by atoms with Crippen molar-refractivity contribution in [3.63, 3.8) is 0 Å². The standard InChI is InChI=1S/C15H19ClN2O2/c1-3-9-5-6-12(16)11(4-2)14(9)18-8-10(15(17)20)7-13(18)19/h5-6,10H,3-4,7-8H2,1-2H3,(H2,17,20). The molecule has 1 aliphatic heterocycles. The fraction of sp³-hybridized carbons (Fsp3) is 0.467. The zero-order valence-electron chi connectivity index (χ0n) is 11.8. The fourth-order valence-electron chi connectivity index (χ4n) is 2.73. The molecule has 0 spiro atoms. The van der Waals surface area contributed by atoms with Crippen LogP contribution >= 0.6 is 11.6 Å². The molecule has 1 saturated heterocycles. The lowest BCUT2D eigenvalue weighted by atomic mass is 10.0. The van der Waals surface area contributed by atoms with Crippen LogP contribution in [0, 0.1) is 5.92 Å². The van der Waals surface area contributed by atoms with Crippen molar-refractivity contribution < 1.29 is 9.59 Å². The third-order valence-corrected chi connectivity index (χ3v) is 4.20. The number of hydrogen-bond donors (Lipinski definition) is 1. The van der Waals surface area contributed by atoms with Crippen molar-refractivity contribution in [3.05, 3.63) is 28.3 Å². The van der Waals surface area contributed by atoms with Crippen molar-refractivity contribution in [1.82, 2.24) is 0 Å². The molecule has 1 aromatic carbocycles. The summed E-state index contributed by atoms with van der Waals surface area (Å²) in [5, 5.41) is 0.662. The summed E-state index contributed by atoms with van der Waals surface area (Å²) in [7, 11) is 0. The van der Waals surface area contributed by atoms with Crippen LogP contribution in [0.2, 0.25) is 5.02 Å². The van der Waals surface area contributed by atoms with E-state index >= 15 is 0 Å². The highest BCUT2D eigenvalue weighted by Crippen LogP contribution is 2.36. The number of carbonyl (C=O) groups is 2. The van der Waals surface area contributed by atoms with Crippen molar-refractivity contribution >= 4 is 29.1 Å². The molecule has 1 fully saturated rings. The predicted molar refractivity (Wildman–Crippen MR) is 79.9 cm³/mol. The highest BCUT2D eigenvalue weighted by molar-refractivity contribution is 6.32. The Balaban J connectivity index is 2.49. The van der Waals surface area contributed by atoms with Gasteiger partial charge in [-0.05, 0) is 30.0 Å². The van der Waals surface area contributed by atoms with Gasteiger partial charge >= 0.3 is 0 Å². The second-order valence-electron chi connectivity index (χ2n) is 5.05. The number of aryl methyl sites for hydroxylation is 1. The molecule has 2 rings (SSSR count). The van der Waals surface area contributed by atoms with Crippen LogP contribution in [0.25, 0.3) is 0 Å². The first kappa shape index (κ1) is 14.9. The second kappa shape index (κ2) is 5.83. The Morgan fingerprint density at radius 3 is 2.60 bits per heavy atom. The molecule has 4 nitrogen and oxygen atoms in total. The molecule has 0 radical (unpaired) electrons. The van der Waals surface area contributed by atoms with Gasteiger partial charge in [0, 0.05) is 18.0 Å². The second-order valence-corrected chi connectivity index (χ2v) is 5.46. The van der Waals surface area contributed by atoms with E-state index in [0.29, 0.717) is 11.6 Å². The van der Waals surface area contributed by atoms with Crippen molar-refractivity contribution in [2.24, 2.45) is 11.7 Å². The topological polar surface area (TPSA) is 63.4 Å². The highest BCUT2D eigenvalue weighted by atomic mass is 35.5. The number of nitrogens with two attached hydrogens (primary N) is 1. The molecule has 1 aromatic rings. The summed E-state index contributed by atoms with van der Waals surface area (Å²) < 4.78 is 0. The number of nitrogens with zero attached hydrogens (tertiary/aromatic N) is 1. The van der Waals surface area contributed by atoms with Crippen LogP contribution in [0.15, 0.2) is 12.1 Å². The van der Waals surface area contributed by atoms with Gasteiger partial charge in [0.1, 0.15) is 0 Å². The maximum Gasteiger partial charge on any atom is 0.227 e. The van der Waals surface area contributed by atoms with E-state index < -0.39 is 11.8 Å². The van der Waals surface area contributed by atoms with E-state index in [0.717, 1.165) is 29.7 Å². The van der Waals surface area contributed by atoms with Crippen LogP contribution in [0.3, 0.4) is 0 Å². The van der Waals surface area contributed by atoms with E-state index in [1.54, 1.807) is 4.90 Å². The lowest BCUT2D eigenvalue weighted by molar-refractivity contribution is -0.123. The molecule has 5 heteroatoms. The molecule has 0 aromatic heterocycles. The first-order valence-corrected chi connectivity index (χ1v) is 7.27. The molecule has 1 aliphatic rings. The number of hydrogen-bond acceptors (Lipinski definition) is 2. The van der Waals surface area contributed by atoms with Crippen molar-refractivity contribution in [3.8, 4) is 0 Å². The number of anilines is 1. The molecular weight excluding hydrogens is 276 g/mol. The summed E-state index contributed by atoms with van der Waals surface area (Å²) in [5.41, 5.74) is 8.24. The van der Waals surface area contributed by atoms with E-state index in [4.69, 9.17) is 17.3 Å². The third-order valence-electron chi connectivity index (χ3n) is 3.84. The number of carbonyl (C=O) groups excluding carboxylic acids is 2. The first-order valence-electron chi connectivity index (χ1n) is 6.89. The quantitative estimate of drug-likeness (QED) is 0.926. The molecular formula is C15H19ClN2O2. The molecule has 20 heavy (non-hydrogen) atoms. The minimum absolute atomic E-state index is 0.0551. The van der Waals surface area contributed by atoms with Crippen LogP contribution in [-0.2, 0) is 22.4 Å². The molecule has 108 valence electrons. The van der Waals surface area contributed by atoms with Crippen LogP contribution in [0.1, 0.15) is 31.4 Å². The average Bonchev–Trinajstić information content (AvgIpc) is 2.80. The number of rotatable bonds is 4. The van der Waals surface area contributed by atoms with Gasteiger partial charge in [0.15, 0.2) is 0 Å². The van der Waals surface area contributed by atoms with Crippen LogP contribution in [0.5, 0.6) is 0 Å². The Morgan fingerprint density at radius 1 is 1.40 bits per heavy atom. The monoisotopic (exact) mass is 294 g/mol. The van der Waals surface area contributed by atoms with E-state index in [9.17, 15) is 9.59 Å². The normalized spacial score (nSPS) is 18.6. The maximum absolute atomic E-state index is 12.2. The van der Waals surface area contributed by atoms with Gasteiger partial charge in [0.05, 0.1) is 11.6 Å². The Kier molecular flexibility index (Phi) is 4.33. The number of primary amides is 1. The lowest BCUT2D eigenvalue weighted by Gasteiger charge is -2.24. The Labute approximate surface area is 123 Å². The summed E-state index contributed by atoms with van der Waals surface area (Å²) in [4.78, 5) is 25.2. The first-order chi connectivity index (χ1) is 9.49. The molecule has 1 atom stereocenters. The van der Waals surface area contributed by atoms with Gasteiger partial charge < -0.3 is 10.6 Å². The van der Waals surface area contributed by atoms with E-state index in [-0.39, 0.29) is 12.3 Å². The van der Waals surface area contributed by atoms with Gasteiger partial charge in [-0.2, -0.15) is 0 Å². The molecule has 0 aliphatic carbocycles. The minimum atomic E-state index is -0.418. The smallest absolute Gasteiger partial charge is 0.227 e. The van der Waals surface area contributed by atoms with Crippen LogP contribution < -0.4 is 10.6 Å². The Morgan fingerprint density at radius 2 is 2.10 bits per heavy atom. The van der Waals surface area contributed by atoms with Gasteiger partial charge in [-0.1, -0.05) is 31.5 Å². The molecule has 0 bridgehead atoms. The van der Waals surface area contributed by atoms with E-state index in [1.807, 2.05) is 26.0 Å². The zero-order valence-corrected chi connectivity index (χ0v) is 12.5. The lowest BCUT2D eigenvalue weighted by Crippen LogP contribution is -2.30. The number of halogens is 1. The predicted octanol–water partition coefficient (Wildman–Crippen LogP) is 2.30. The molecule has 1 heterocycles. The Bertz CT molecular complexity index is 557. The summed E-state index contributed by atoms with van der Waals surface area (Å²) in [6, 6.07) is 3.82. The summed E-state index contributed by atoms with van der Waals surface area (Å²) in [6.45, 7) is 4.41. The van der Waals surface area contributed by atoms with Crippen molar-refractivity contribution in [1.29, 1.82) is 0 Å². The highest BCUT2D eigenvalue weighted by Gasteiger charge is 2.35. The molecule has 0 saturated carbocycles. The van der Waals surface area contributed by atoms with E-state index in [1.165, 1.54) is 0 Å².